The van der Waals surface area contributed by atoms with Gasteiger partial charge in [-0.15, -0.1) is 11.3 Å². The van der Waals surface area contributed by atoms with E-state index in [4.69, 9.17) is 11.6 Å². The number of halogens is 1. The molecule has 1 amide bonds. The lowest BCUT2D eigenvalue weighted by Gasteiger charge is -2.16. The van der Waals surface area contributed by atoms with Crippen LogP contribution in [-0.2, 0) is 16.4 Å². The second kappa shape index (κ2) is 5.66. The number of hydrogen-bond acceptors (Lipinski definition) is 4. The molecular weight excluding hydrogens is 344 g/mol. The molecule has 1 aromatic carbocycles. The third kappa shape index (κ3) is 2.65. The van der Waals surface area contributed by atoms with Crippen LogP contribution in [0.5, 0.6) is 0 Å². The van der Waals surface area contributed by atoms with Crippen LogP contribution >= 0.6 is 22.9 Å². The number of amides is 1. The van der Waals surface area contributed by atoms with Crippen LogP contribution in [0.3, 0.4) is 0 Å². The molecule has 0 radical (unpaired) electrons. The van der Waals surface area contributed by atoms with Gasteiger partial charge in [-0.25, -0.2) is 13.1 Å². The maximum absolute atomic E-state index is 12.6. The van der Waals surface area contributed by atoms with Gasteiger partial charge in [0, 0.05) is 22.6 Å². The van der Waals surface area contributed by atoms with Crippen molar-refractivity contribution in [2.75, 3.05) is 18.5 Å². The van der Waals surface area contributed by atoms with Crippen LogP contribution in [0.25, 0.3) is 0 Å². The zero-order valence-electron chi connectivity index (χ0n) is 11.7. The van der Waals surface area contributed by atoms with Crippen molar-refractivity contribution >= 4 is 44.6 Å². The van der Waals surface area contributed by atoms with E-state index in [-0.39, 0.29) is 10.8 Å². The summed E-state index contributed by atoms with van der Waals surface area (Å²) < 4.78 is 25.7. The number of hydrogen-bond donors (Lipinski definition) is 1. The van der Waals surface area contributed by atoms with E-state index in [9.17, 15) is 13.2 Å². The highest BCUT2D eigenvalue weighted by Gasteiger charge is 2.27. The molecule has 0 saturated heterocycles. The van der Waals surface area contributed by atoms with Crippen LogP contribution in [0, 0.1) is 0 Å². The molecule has 0 unspecified atom stereocenters. The summed E-state index contributed by atoms with van der Waals surface area (Å²) in [6.45, 7) is 0.570. The maximum Gasteiger partial charge on any atom is 0.268 e. The van der Waals surface area contributed by atoms with E-state index >= 15 is 0 Å². The molecule has 116 valence electrons. The topological polar surface area (TPSA) is 66.5 Å². The lowest BCUT2D eigenvalue weighted by Crippen LogP contribution is -2.28. The Balaban J connectivity index is 1.93. The van der Waals surface area contributed by atoms with Gasteiger partial charge in [-0.05, 0) is 37.2 Å². The van der Waals surface area contributed by atoms with Gasteiger partial charge >= 0.3 is 0 Å². The highest BCUT2D eigenvalue weighted by Crippen LogP contribution is 2.33. The second-order valence-corrected chi connectivity index (χ2v) is 8.07. The highest BCUT2D eigenvalue weighted by molar-refractivity contribution is 7.89. The molecule has 8 heteroatoms. The van der Waals surface area contributed by atoms with Gasteiger partial charge in [0.2, 0.25) is 10.0 Å². The third-order valence-corrected chi connectivity index (χ3v) is 6.25. The summed E-state index contributed by atoms with van der Waals surface area (Å²) in [7, 11) is -2.19. The van der Waals surface area contributed by atoms with E-state index in [1.54, 1.807) is 17.0 Å². The Morgan fingerprint density at radius 1 is 1.36 bits per heavy atom. The van der Waals surface area contributed by atoms with Crippen molar-refractivity contribution in [1.29, 1.82) is 0 Å². The van der Waals surface area contributed by atoms with Crippen LogP contribution in [0.4, 0.5) is 5.69 Å². The molecule has 0 saturated carbocycles. The maximum atomic E-state index is 12.6. The van der Waals surface area contributed by atoms with Crippen molar-refractivity contribution in [3.05, 3.63) is 45.1 Å². The number of sulfonamides is 1. The van der Waals surface area contributed by atoms with Gasteiger partial charge in [-0.1, -0.05) is 17.7 Å². The molecule has 1 aliphatic heterocycles. The number of carbonyl (C=O) groups is 1. The van der Waals surface area contributed by atoms with Crippen molar-refractivity contribution in [1.82, 2.24) is 4.72 Å². The number of nitrogens with one attached hydrogen (secondary N) is 1. The summed E-state index contributed by atoms with van der Waals surface area (Å²) in [5.74, 6) is -0.205. The Kier molecular flexibility index (Phi) is 3.98. The number of thiophene rings is 1. The summed E-state index contributed by atoms with van der Waals surface area (Å²) >= 11 is 7.12. The van der Waals surface area contributed by atoms with Gasteiger partial charge in [-0.2, -0.15) is 0 Å². The number of anilines is 1. The first-order valence-electron chi connectivity index (χ1n) is 6.55. The molecule has 1 aliphatic rings. The predicted molar refractivity (Wildman–Crippen MR) is 87.4 cm³/mol. The minimum atomic E-state index is -3.53. The molecule has 1 N–H and O–H groups in total. The van der Waals surface area contributed by atoms with Crippen LogP contribution < -0.4 is 9.62 Å². The van der Waals surface area contributed by atoms with Gasteiger partial charge in [0.25, 0.3) is 5.91 Å². The highest BCUT2D eigenvalue weighted by atomic mass is 35.5. The SMILES string of the molecule is CNS(=O)(=O)c1csc(C(=O)N2CCc3ccc(Cl)cc32)c1. The summed E-state index contributed by atoms with van der Waals surface area (Å²) in [6.07, 6.45) is 0.769. The molecule has 2 heterocycles. The normalized spacial score (nSPS) is 14.2. The Morgan fingerprint density at radius 2 is 2.14 bits per heavy atom. The Morgan fingerprint density at radius 3 is 2.86 bits per heavy atom. The van der Waals surface area contributed by atoms with Crippen molar-refractivity contribution in [2.45, 2.75) is 11.3 Å². The molecule has 0 aliphatic carbocycles. The van der Waals surface area contributed by atoms with E-state index in [1.807, 2.05) is 6.07 Å². The summed E-state index contributed by atoms with van der Waals surface area (Å²) in [4.78, 5) is 14.8. The molecule has 2 aromatic rings. The number of rotatable bonds is 3. The first-order valence-corrected chi connectivity index (χ1v) is 9.29. The first-order chi connectivity index (χ1) is 10.4. The smallest absolute Gasteiger partial charge is 0.268 e. The van der Waals surface area contributed by atoms with E-state index in [0.717, 1.165) is 29.0 Å². The Bertz CT molecular complexity index is 846. The average molecular weight is 357 g/mol. The fourth-order valence-corrected chi connectivity index (χ4v) is 4.50. The van der Waals surface area contributed by atoms with Gasteiger partial charge < -0.3 is 4.90 Å². The van der Waals surface area contributed by atoms with Crippen LogP contribution in [0.15, 0.2) is 34.5 Å². The van der Waals surface area contributed by atoms with Crippen LogP contribution in [0.2, 0.25) is 5.02 Å². The van der Waals surface area contributed by atoms with Gasteiger partial charge in [-0.3, -0.25) is 4.79 Å². The first kappa shape index (κ1) is 15.5. The molecule has 5 nitrogen and oxygen atoms in total. The summed E-state index contributed by atoms with van der Waals surface area (Å²) in [6, 6.07) is 6.88. The number of nitrogens with zero attached hydrogens (tertiary/aromatic N) is 1. The number of carbonyl (C=O) groups excluding carboxylic acids is 1. The molecule has 0 atom stereocenters. The van der Waals surface area contributed by atoms with Gasteiger partial charge in [0.15, 0.2) is 0 Å². The van der Waals surface area contributed by atoms with Crippen molar-refractivity contribution in [3.8, 4) is 0 Å². The van der Waals surface area contributed by atoms with Crippen molar-refractivity contribution in [2.24, 2.45) is 0 Å². The molecule has 0 fully saturated rings. The fraction of sp³-hybridized carbons (Fsp3) is 0.214. The van der Waals surface area contributed by atoms with Crippen molar-refractivity contribution in [3.63, 3.8) is 0 Å². The zero-order valence-corrected chi connectivity index (χ0v) is 14.1. The number of fused-ring (bicyclic) bond motifs is 1. The lowest BCUT2D eigenvalue weighted by molar-refractivity contribution is 0.0993. The minimum Gasteiger partial charge on any atom is -0.307 e. The molecule has 0 bridgehead atoms. The average Bonchev–Trinajstić information content (AvgIpc) is 3.13. The van der Waals surface area contributed by atoms with E-state index in [2.05, 4.69) is 4.72 Å². The zero-order chi connectivity index (χ0) is 15.9. The van der Waals surface area contributed by atoms with E-state index in [1.165, 1.54) is 18.5 Å². The molecule has 0 spiro atoms. The van der Waals surface area contributed by atoms with Crippen molar-refractivity contribution < 1.29 is 13.2 Å². The van der Waals surface area contributed by atoms with Crippen LogP contribution in [0.1, 0.15) is 15.2 Å². The fourth-order valence-electron chi connectivity index (χ4n) is 2.39. The second-order valence-electron chi connectivity index (χ2n) is 4.83. The lowest BCUT2D eigenvalue weighted by atomic mass is 10.2. The van der Waals surface area contributed by atoms with Gasteiger partial charge in [0.05, 0.1) is 9.77 Å². The molecule has 22 heavy (non-hydrogen) atoms. The van der Waals surface area contributed by atoms with Gasteiger partial charge in [0.1, 0.15) is 0 Å². The van der Waals surface area contributed by atoms with E-state index < -0.39 is 10.0 Å². The molecular formula is C14H13ClN2O3S2. The van der Waals surface area contributed by atoms with E-state index in [0.29, 0.717) is 16.4 Å². The Hall–Kier alpha value is -1.41. The Labute approximate surface area is 137 Å². The number of benzene rings is 1. The van der Waals surface area contributed by atoms with Crippen LogP contribution in [-0.4, -0.2) is 27.9 Å². The summed E-state index contributed by atoms with van der Waals surface area (Å²) in [5.41, 5.74) is 1.86. The quantitative estimate of drug-likeness (QED) is 0.918. The minimum absolute atomic E-state index is 0.105. The molecule has 3 rings (SSSR count). The standard InChI is InChI=1S/C14H13ClN2O3S2/c1-16-22(19,20)11-7-13(21-8-11)14(18)17-5-4-9-2-3-10(15)6-12(9)17/h2-3,6-8,16H,4-5H2,1H3. The third-order valence-electron chi connectivity index (χ3n) is 3.55. The monoisotopic (exact) mass is 356 g/mol. The summed E-state index contributed by atoms with van der Waals surface area (Å²) in [5, 5.41) is 2.04. The molecule has 1 aromatic heterocycles. The predicted octanol–water partition coefficient (Wildman–Crippen LogP) is 2.51. The largest absolute Gasteiger partial charge is 0.307 e.